The smallest absolute Gasteiger partial charge is 0.343 e. The minimum absolute atomic E-state index is 0.0503. The molecule has 2 amide bonds. The van der Waals surface area contributed by atoms with Crippen molar-refractivity contribution in [2.24, 2.45) is 0 Å². The van der Waals surface area contributed by atoms with E-state index in [1.54, 1.807) is 13.0 Å². The molecule has 0 radical (unpaired) electrons. The molecule has 1 aliphatic rings. The Morgan fingerprint density at radius 3 is 2.03 bits per heavy atom. The molecule has 4 nitrogen and oxygen atoms in total. The van der Waals surface area contributed by atoms with Gasteiger partial charge < -0.3 is 10.6 Å². The van der Waals surface area contributed by atoms with Gasteiger partial charge in [0.1, 0.15) is 0 Å². The van der Waals surface area contributed by atoms with Gasteiger partial charge in [-0.25, -0.2) is 4.39 Å². The molecule has 1 fully saturated rings. The summed E-state index contributed by atoms with van der Waals surface area (Å²) in [4.78, 5) is 26.0. The first-order valence-electron chi connectivity index (χ1n) is 10.5. The van der Waals surface area contributed by atoms with Gasteiger partial charge in [0, 0.05) is 14.8 Å². The molecule has 0 saturated heterocycles. The Balaban J connectivity index is 1.93. The predicted molar refractivity (Wildman–Crippen MR) is 127 cm³/mol. The quantitative estimate of drug-likeness (QED) is 0.206. The largest absolute Gasteiger partial charge is 0.435 e. The molecule has 12 heteroatoms. The summed E-state index contributed by atoms with van der Waals surface area (Å²) in [6, 6.07) is 5.91. The van der Waals surface area contributed by atoms with Crippen molar-refractivity contribution in [1.29, 1.82) is 0 Å². The van der Waals surface area contributed by atoms with Crippen molar-refractivity contribution >= 4 is 40.1 Å². The van der Waals surface area contributed by atoms with E-state index < -0.39 is 40.9 Å². The Labute approximate surface area is 215 Å². The van der Waals surface area contributed by atoms with Gasteiger partial charge >= 0.3 is 18.0 Å². The minimum atomic E-state index is -6.26. The number of anilines is 1. The number of rotatable bonds is 6. The molecule has 1 aliphatic carbocycles. The molecule has 0 heterocycles. The number of carbonyl (C=O) groups excluding carboxylic acids is 2. The van der Waals surface area contributed by atoms with Gasteiger partial charge in [-0.2, -0.15) is 26.3 Å². The summed E-state index contributed by atoms with van der Waals surface area (Å²) < 4.78 is 93.2. The molecular formula is C24H20F7IN2O2. The van der Waals surface area contributed by atoms with E-state index in [1.165, 1.54) is 12.1 Å². The Morgan fingerprint density at radius 2 is 1.56 bits per heavy atom. The third-order valence-corrected chi connectivity index (χ3v) is 6.96. The first-order valence-corrected chi connectivity index (χ1v) is 11.5. The molecule has 2 aromatic rings. The maximum Gasteiger partial charge on any atom is 0.435 e. The second-order valence-corrected chi connectivity index (χ2v) is 9.78. The lowest BCUT2D eigenvalue weighted by Gasteiger charge is -2.30. The first kappa shape index (κ1) is 27.9. The van der Waals surface area contributed by atoms with Gasteiger partial charge in [-0.3, -0.25) is 9.59 Å². The standard InChI is InChI=1S/C24H20F7IN2O2/c1-12(2)21(9-10-21)34-20(36)18-15(5-4-6-16(18)32)19(35)33-17-8-7-14(11-13(17)3)22(25,23(26,27)28)24(29,30)31/h4-8,11H,1,9-10H2,2-3H3,(H,33,35)(H,34,36). The monoisotopic (exact) mass is 628 g/mol. The number of hydrogen-bond donors (Lipinski definition) is 2. The van der Waals surface area contributed by atoms with Gasteiger partial charge in [-0.1, -0.05) is 30.4 Å². The second-order valence-electron chi connectivity index (χ2n) is 8.62. The van der Waals surface area contributed by atoms with Gasteiger partial charge in [-0.05, 0) is 73.0 Å². The molecule has 2 aromatic carbocycles. The van der Waals surface area contributed by atoms with Crippen molar-refractivity contribution in [3.05, 3.63) is 74.4 Å². The van der Waals surface area contributed by atoms with E-state index in [-0.39, 0.29) is 22.4 Å². The van der Waals surface area contributed by atoms with E-state index in [0.717, 1.165) is 18.6 Å². The summed E-state index contributed by atoms with van der Waals surface area (Å²) in [6.45, 7) is 6.77. The Kier molecular flexibility index (Phi) is 7.25. The Morgan fingerprint density at radius 1 is 0.972 bits per heavy atom. The first-order chi connectivity index (χ1) is 16.4. The fourth-order valence-electron chi connectivity index (χ4n) is 3.70. The van der Waals surface area contributed by atoms with Crippen LogP contribution in [0.2, 0.25) is 0 Å². The zero-order valence-electron chi connectivity index (χ0n) is 18.9. The predicted octanol–water partition coefficient (Wildman–Crippen LogP) is 6.98. The van der Waals surface area contributed by atoms with Gasteiger partial charge in [-0.15, -0.1) is 0 Å². The van der Waals surface area contributed by atoms with Crippen molar-refractivity contribution in [3.63, 3.8) is 0 Å². The normalized spacial score (nSPS) is 15.3. The van der Waals surface area contributed by atoms with Crippen molar-refractivity contribution < 1.29 is 40.3 Å². The highest BCUT2D eigenvalue weighted by atomic mass is 127. The fourth-order valence-corrected chi connectivity index (χ4v) is 4.45. The fraction of sp³-hybridized carbons (Fsp3) is 0.333. The number of benzene rings is 2. The van der Waals surface area contributed by atoms with Crippen LogP contribution in [-0.2, 0) is 5.67 Å². The molecule has 0 atom stereocenters. The number of hydrogen-bond acceptors (Lipinski definition) is 2. The number of nitrogens with one attached hydrogen (secondary N) is 2. The average molecular weight is 628 g/mol. The van der Waals surface area contributed by atoms with Crippen LogP contribution in [0.5, 0.6) is 0 Å². The van der Waals surface area contributed by atoms with E-state index in [0.29, 0.717) is 28.5 Å². The third-order valence-electron chi connectivity index (χ3n) is 6.06. The van der Waals surface area contributed by atoms with Gasteiger partial charge in [0.15, 0.2) is 0 Å². The third kappa shape index (κ3) is 4.96. The van der Waals surface area contributed by atoms with Crippen molar-refractivity contribution in [2.45, 2.75) is 50.2 Å². The van der Waals surface area contributed by atoms with Crippen molar-refractivity contribution in [1.82, 2.24) is 5.32 Å². The highest BCUT2D eigenvalue weighted by molar-refractivity contribution is 14.1. The molecule has 3 rings (SSSR count). The Bertz CT molecular complexity index is 1220. The van der Waals surface area contributed by atoms with Crippen molar-refractivity contribution in [3.8, 4) is 0 Å². The molecule has 0 aliphatic heterocycles. The van der Waals surface area contributed by atoms with Crippen LogP contribution in [-0.4, -0.2) is 29.7 Å². The Hall–Kier alpha value is -2.64. The number of halogens is 8. The summed E-state index contributed by atoms with van der Waals surface area (Å²) in [5.74, 6) is -1.36. The molecule has 36 heavy (non-hydrogen) atoms. The molecule has 0 spiro atoms. The zero-order chi connectivity index (χ0) is 27.3. The highest BCUT2D eigenvalue weighted by Crippen LogP contribution is 2.53. The molecule has 0 aromatic heterocycles. The van der Waals surface area contributed by atoms with E-state index in [4.69, 9.17) is 0 Å². The van der Waals surface area contributed by atoms with Crippen LogP contribution in [0, 0.1) is 10.5 Å². The average Bonchev–Trinajstić information content (AvgIpc) is 3.53. The van der Waals surface area contributed by atoms with Gasteiger partial charge in [0.2, 0.25) is 0 Å². The van der Waals surface area contributed by atoms with Crippen LogP contribution < -0.4 is 10.6 Å². The molecule has 1 saturated carbocycles. The van der Waals surface area contributed by atoms with Gasteiger partial charge in [0.05, 0.1) is 16.7 Å². The summed E-state index contributed by atoms with van der Waals surface area (Å²) in [7, 11) is 0. The maximum atomic E-state index is 14.4. The lowest BCUT2D eigenvalue weighted by Crippen LogP contribution is -2.50. The summed E-state index contributed by atoms with van der Waals surface area (Å²) in [5.41, 5.74) is -7.47. The number of alkyl halides is 7. The van der Waals surface area contributed by atoms with Crippen LogP contribution in [0.15, 0.2) is 48.6 Å². The molecule has 194 valence electrons. The second kappa shape index (κ2) is 9.34. The lowest BCUT2D eigenvalue weighted by atomic mass is 9.92. The molecule has 0 unspecified atom stereocenters. The molecule has 2 N–H and O–H groups in total. The summed E-state index contributed by atoms with van der Waals surface area (Å²) >= 11 is 1.87. The van der Waals surface area contributed by atoms with Crippen LogP contribution in [0.3, 0.4) is 0 Å². The maximum absolute atomic E-state index is 14.4. The minimum Gasteiger partial charge on any atom is -0.343 e. The lowest BCUT2D eigenvalue weighted by molar-refractivity contribution is -0.348. The van der Waals surface area contributed by atoms with Crippen LogP contribution in [0.4, 0.5) is 36.4 Å². The highest BCUT2D eigenvalue weighted by Gasteiger charge is 2.73. The van der Waals surface area contributed by atoms with Crippen LogP contribution >= 0.6 is 22.6 Å². The van der Waals surface area contributed by atoms with Crippen LogP contribution in [0.25, 0.3) is 0 Å². The van der Waals surface area contributed by atoms with Crippen molar-refractivity contribution in [2.75, 3.05) is 5.32 Å². The molecule has 0 bridgehead atoms. The number of carbonyl (C=O) groups is 2. The van der Waals surface area contributed by atoms with Gasteiger partial charge in [0.25, 0.3) is 11.8 Å². The molecular weight excluding hydrogens is 608 g/mol. The van der Waals surface area contributed by atoms with E-state index in [2.05, 4.69) is 17.2 Å². The van der Waals surface area contributed by atoms with Crippen LogP contribution in [0.1, 0.15) is 51.6 Å². The zero-order valence-corrected chi connectivity index (χ0v) is 21.1. The SMILES string of the molecule is C=C(C)C1(NC(=O)c2c(I)cccc2C(=O)Nc2ccc(C(F)(C(F)(F)F)C(F)(F)F)cc2C)CC1. The summed E-state index contributed by atoms with van der Waals surface area (Å²) in [6.07, 6.45) is -11.1. The van der Waals surface area contributed by atoms with E-state index in [9.17, 15) is 40.3 Å². The van der Waals surface area contributed by atoms with E-state index in [1.807, 2.05) is 22.6 Å². The topological polar surface area (TPSA) is 58.2 Å². The summed E-state index contributed by atoms with van der Waals surface area (Å²) in [5, 5.41) is 5.25. The van der Waals surface area contributed by atoms with E-state index >= 15 is 0 Å². The number of amides is 2. The number of aryl methyl sites for hydroxylation is 1.